The standard InChI is InChI=1S/C23H22F3NS2/c1-15-21(14-28-20-12-8-17(9-13-20)16-4-2-3-5-16)29-22(27-15)18-6-10-19(11-7-18)23(24,25)26/h6-13,16H,2-5,14H2,1H3. The van der Waals surface area contributed by atoms with Gasteiger partial charge < -0.3 is 0 Å². The molecule has 1 aromatic heterocycles. The Labute approximate surface area is 177 Å². The molecular formula is C23H22F3NS2. The molecule has 1 aliphatic carbocycles. The van der Waals surface area contributed by atoms with E-state index in [2.05, 4.69) is 29.2 Å². The van der Waals surface area contributed by atoms with E-state index in [1.807, 2.05) is 6.92 Å². The van der Waals surface area contributed by atoms with Crippen molar-refractivity contribution in [3.63, 3.8) is 0 Å². The summed E-state index contributed by atoms with van der Waals surface area (Å²) in [5, 5.41) is 0.767. The molecule has 29 heavy (non-hydrogen) atoms. The monoisotopic (exact) mass is 433 g/mol. The molecule has 0 N–H and O–H groups in total. The van der Waals surface area contributed by atoms with Gasteiger partial charge in [0.1, 0.15) is 5.01 Å². The Balaban J connectivity index is 1.42. The van der Waals surface area contributed by atoms with Crippen molar-refractivity contribution in [2.24, 2.45) is 0 Å². The topological polar surface area (TPSA) is 12.9 Å². The summed E-state index contributed by atoms with van der Waals surface area (Å²) < 4.78 is 38.2. The van der Waals surface area contributed by atoms with Crippen LogP contribution in [0.5, 0.6) is 0 Å². The third kappa shape index (κ3) is 4.86. The van der Waals surface area contributed by atoms with Crippen molar-refractivity contribution in [3.8, 4) is 10.6 Å². The Bertz CT molecular complexity index is 953. The molecule has 4 rings (SSSR count). The van der Waals surface area contributed by atoms with Crippen LogP contribution in [0.3, 0.4) is 0 Å². The van der Waals surface area contributed by atoms with Crippen LogP contribution < -0.4 is 0 Å². The average molecular weight is 434 g/mol. The minimum Gasteiger partial charge on any atom is -0.241 e. The fraction of sp³-hybridized carbons (Fsp3) is 0.348. The Hall–Kier alpha value is -1.79. The lowest BCUT2D eigenvalue weighted by Crippen LogP contribution is -2.03. The number of hydrogen-bond acceptors (Lipinski definition) is 3. The average Bonchev–Trinajstić information content (AvgIpc) is 3.36. The van der Waals surface area contributed by atoms with Gasteiger partial charge in [0.25, 0.3) is 0 Å². The second-order valence-corrected chi connectivity index (χ2v) is 9.57. The minimum absolute atomic E-state index is 0.633. The summed E-state index contributed by atoms with van der Waals surface area (Å²) in [5.74, 6) is 1.54. The zero-order valence-corrected chi connectivity index (χ0v) is 17.8. The van der Waals surface area contributed by atoms with Crippen LogP contribution in [-0.2, 0) is 11.9 Å². The molecular weight excluding hydrogens is 411 g/mol. The van der Waals surface area contributed by atoms with Crippen molar-refractivity contribution in [1.29, 1.82) is 0 Å². The maximum atomic E-state index is 12.7. The normalized spacial score (nSPS) is 15.2. The van der Waals surface area contributed by atoms with E-state index < -0.39 is 11.7 Å². The van der Waals surface area contributed by atoms with Crippen LogP contribution in [0, 0.1) is 6.92 Å². The van der Waals surface area contributed by atoms with E-state index in [0.717, 1.165) is 44.9 Å². The minimum atomic E-state index is -4.31. The van der Waals surface area contributed by atoms with Gasteiger partial charge in [-0.25, -0.2) is 4.98 Å². The number of aromatic nitrogens is 1. The predicted octanol–water partition coefficient (Wildman–Crippen LogP) is 8.09. The fourth-order valence-electron chi connectivity index (χ4n) is 3.73. The molecule has 0 aliphatic heterocycles. The second kappa shape index (κ2) is 8.52. The Kier molecular flexibility index (Phi) is 6.02. The van der Waals surface area contributed by atoms with Crippen LogP contribution in [0.4, 0.5) is 13.2 Å². The van der Waals surface area contributed by atoms with Crippen LogP contribution in [0.1, 0.15) is 53.3 Å². The molecule has 3 aromatic rings. The first-order chi connectivity index (χ1) is 13.9. The van der Waals surface area contributed by atoms with Crippen LogP contribution in [-0.4, -0.2) is 4.98 Å². The van der Waals surface area contributed by atoms with Gasteiger partial charge in [-0.1, -0.05) is 37.1 Å². The first kappa shape index (κ1) is 20.5. The first-order valence-electron chi connectivity index (χ1n) is 9.77. The quantitative estimate of drug-likeness (QED) is 0.377. The number of rotatable bonds is 5. The van der Waals surface area contributed by atoms with E-state index in [1.54, 1.807) is 23.1 Å². The van der Waals surface area contributed by atoms with Gasteiger partial charge in [-0.2, -0.15) is 13.2 Å². The van der Waals surface area contributed by atoms with Crippen molar-refractivity contribution >= 4 is 23.1 Å². The van der Waals surface area contributed by atoms with Crippen LogP contribution in [0.25, 0.3) is 10.6 Å². The molecule has 152 valence electrons. The van der Waals surface area contributed by atoms with Gasteiger partial charge in [-0.05, 0) is 55.5 Å². The SMILES string of the molecule is Cc1nc(-c2ccc(C(F)(F)F)cc2)sc1CSc1ccc(C2CCCC2)cc1. The summed E-state index contributed by atoms with van der Waals surface area (Å²) in [6, 6.07) is 14.1. The predicted molar refractivity (Wildman–Crippen MR) is 115 cm³/mol. The third-order valence-electron chi connectivity index (χ3n) is 5.43. The lowest BCUT2D eigenvalue weighted by atomic mass is 9.98. The van der Waals surface area contributed by atoms with Crippen molar-refractivity contribution in [1.82, 2.24) is 4.98 Å². The number of thioether (sulfide) groups is 1. The zero-order valence-electron chi connectivity index (χ0n) is 16.1. The van der Waals surface area contributed by atoms with Gasteiger partial charge in [-0.15, -0.1) is 23.1 Å². The number of benzene rings is 2. The summed E-state index contributed by atoms with van der Waals surface area (Å²) in [7, 11) is 0. The lowest BCUT2D eigenvalue weighted by molar-refractivity contribution is -0.137. The van der Waals surface area contributed by atoms with E-state index in [9.17, 15) is 13.2 Å². The molecule has 2 aromatic carbocycles. The van der Waals surface area contributed by atoms with Gasteiger partial charge in [0.05, 0.1) is 11.3 Å². The van der Waals surface area contributed by atoms with E-state index in [-0.39, 0.29) is 0 Å². The van der Waals surface area contributed by atoms with Gasteiger partial charge in [0.2, 0.25) is 0 Å². The molecule has 1 heterocycles. The Morgan fingerprint density at radius 1 is 1.00 bits per heavy atom. The summed E-state index contributed by atoms with van der Waals surface area (Å²) >= 11 is 3.33. The maximum absolute atomic E-state index is 12.7. The molecule has 1 nitrogen and oxygen atoms in total. The second-order valence-electron chi connectivity index (χ2n) is 7.44. The van der Waals surface area contributed by atoms with Crippen molar-refractivity contribution in [2.45, 2.75) is 55.3 Å². The highest BCUT2D eigenvalue weighted by Gasteiger charge is 2.30. The van der Waals surface area contributed by atoms with E-state index in [4.69, 9.17) is 0 Å². The van der Waals surface area contributed by atoms with Crippen LogP contribution in [0.15, 0.2) is 53.4 Å². The third-order valence-corrected chi connectivity index (χ3v) is 7.86. The summed E-state index contributed by atoms with van der Waals surface area (Å²) in [6.45, 7) is 1.96. The highest BCUT2D eigenvalue weighted by molar-refractivity contribution is 7.98. The van der Waals surface area contributed by atoms with Crippen molar-refractivity contribution < 1.29 is 13.2 Å². The van der Waals surface area contributed by atoms with Gasteiger partial charge in [0.15, 0.2) is 0 Å². The fourth-order valence-corrected chi connectivity index (χ4v) is 5.84. The molecule has 0 atom stereocenters. The molecule has 0 amide bonds. The first-order valence-corrected chi connectivity index (χ1v) is 11.6. The number of nitrogens with zero attached hydrogens (tertiary/aromatic N) is 1. The van der Waals surface area contributed by atoms with Crippen LogP contribution >= 0.6 is 23.1 Å². The van der Waals surface area contributed by atoms with Gasteiger partial charge in [0, 0.05) is 21.1 Å². The van der Waals surface area contributed by atoms with E-state index in [1.165, 1.54) is 48.3 Å². The molecule has 1 aliphatic rings. The number of aryl methyl sites for hydroxylation is 1. The van der Waals surface area contributed by atoms with E-state index >= 15 is 0 Å². The summed E-state index contributed by atoms with van der Waals surface area (Å²) in [6.07, 6.45) is 0.977. The molecule has 0 saturated heterocycles. The summed E-state index contributed by atoms with van der Waals surface area (Å²) in [5.41, 5.74) is 2.49. The molecule has 6 heteroatoms. The lowest BCUT2D eigenvalue weighted by Gasteiger charge is -2.10. The molecule has 0 spiro atoms. The van der Waals surface area contributed by atoms with Gasteiger partial charge >= 0.3 is 6.18 Å². The zero-order chi connectivity index (χ0) is 20.4. The van der Waals surface area contributed by atoms with Gasteiger partial charge in [-0.3, -0.25) is 0 Å². The number of thiazole rings is 1. The van der Waals surface area contributed by atoms with E-state index in [0.29, 0.717) is 0 Å². The largest absolute Gasteiger partial charge is 0.416 e. The van der Waals surface area contributed by atoms with Crippen molar-refractivity contribution in [2.75, 3.05) is 0 Å². The molecule has 0 unspecified atom stereocenters. The number of alkyl halides is 3. The molecule has 0 radical (unpaired) electrons. The Morgan fingerprint density at radius 3 is 2.28 bits per heavy atom. The maximum Gasteiger partial charge on any atom is 0.416 e. The highest BCUT2D eigenvalue weighted by Crippen LogP contribution is 2.37. The molecule has 1 fully saturated rings. The molecule has 0 bridgehead atoms. The summed E-state index contributed by atoms with van der Waals surface area (Å²) in [4.78, 5) is 6.96. The van der Waals surface area contributed by atoms with Crippen molar-refractivity contribution in [3.05, 3.63) is 70.2 Å². The molecule has 1 saturated carbocycles. The number of halogens is 3. The highest BCUT2D eigenvalue weighted by atomic mass is 32.2. The Morgan fingerprint density at radius 2 is 1.66 bits per heavy atom. The number of hydrogen-bond donors (Lipinski definition) is 0. The smallest absolute Gasteiger partial charge is 0.241 e. The van der Waals surface area contributed by atoms with Crippen LogP contribution in [0.2, 0.25) is 0 Å².